The number of hydrogen-bond donors (Lipinski definition) is 3. The lowest BCUT2D eigenvalue weighted by Gasteiger charge is -2.38. The third kappa shape index (κ3) is 9.39. The van der Waals surface area contributed by atoms with Crippen LogP contribution in [0.1, 0.15) is 44.3 Å². The van der Waals surface area contributed by atoms with Crippen LogP contribution < -0.4 is 25.8 Å². The first-order valence-electron chi connectivity index (χ1n) is 18.3. The maximum Gasteiger partial charge on any atom is 0.261 e. The van der Waals surface area contributed by atoms with E-state index in [0.717, 1.165) is 103 Å². The van der Waals surface area contributed by atoms with E-state index in [1.54, 1.807) is 17.8 Å². The quantitative estimate of drug-likeness (QED) is 0.237. The van der Waals surface area contributed by atoms with Gasteiger partial charge in [0.15, 0.2) is 0 Å². The summed E-state index contributed by atoms with van der Waals surface area (Å²) in [7, 11) is 0. The molecule has 14 heteroatoms. The number of thioether (sulfide) groups is 1. The van der Waals surface area contributed by atoms with Crippen LogP contribution in [-0.4, -0.2) is 115 Å². The summed E-state index contributed by atoms with van der Waals surface area (Å²) in [5.41, 5.74) is 1.91. The number of piperidine rings is 2. The maximum atomic E-state index is 15.0. The lowest BCUT2D eigenvalue weighted by molar-refractivity contribution is -0.133. The van der Waals surface area contributed by atoms with E-state index >= 15 is 0 Å². The second-order valence-electron chi connectivity index (χ2n) is 14.1. The Bertz CT molecular complexity index is 1740. The van der Waals surface area contributed by atoms with Gasteiger partial charge in [0.05, 0.1) is 17.9 Å². The van der Waals surface area contributed by atoms with E-state index in [-0.39, 0.29) is 17.2 Å². The summed E-state index contributed by atoms with van der Waals surface area (Å²) in [6, 6.07) is 10.8. The molecule has 2 aromatic carbocycles. The van der Waals surface area contributed by atoms with Gasteiger partial charge in [-0.05, 0) is 69.3 Å². The van der Waals surface area contributed by atoms with Crippen molar-refractivity contribution in [3.05, 3.63) is 58.4 Å². The van der Waals surface area contributed by atoms with Crippen LogP contribution in [0.15, 0.2) is 41.2 Å². The standard InChI is InChI=1S/C37H48FN7O5S/c38-30-21-28(22-32-35(30)37(48)41-33(40-32)24-51-29-8-18-49-19-9-29)50-23-25-6-10-43(11-7-25)12-13-44-14-16-45(17-15-44)27-3-1-2-26(20-27)39-31-4-5-34(46)42-36(31)47/h1-3,20-22,25,29,31,39H,4-19,23-24H2,(H,40,41,48)(H,42,46,47). The Labute approximate surface area is 301 Å². The number of aromatic nitrogens is 2. The normalized spacial score (nSPS) is 21.6. The zero-order valence-electron chi connectivity index (χ0n) is 29.0. The molecule has 4 fully saturated rings. The number of ether oxygens (including phenoxy) is 2. The van der Waals surface area contributed by atoms with E-state index in [9.17, 15) is 18.8 Å². The highest BCUT2D eigenvalue weighted by Gasteiger charge is 2.27. The van der Waals surface area contributed by atoms with Gasteiger partial charge in [0.1, 0.15) is 28.8 Å². The number of H-pyrrole nitrogens is 1. The van der Waals surface area contributed by atoms with Gasteiger partial charge in [-0.15, -0.1) is 0 Å². The molecular formula is C37H48FN7O5S. The number of anilines is 2. The van der Waals surface area contributed by atoms with Crippen molar-refractivity contribution in [3.63, 3.8) is 0 Å². The molecule has 1 atom stereocenters. The van der Waals surface area contributed by atoms with Gasteiger partial charge in [-0.2, -0.15) is 11.8 Å². The summed E-state index contributed by atoms with van der Waals surface area (Å²) < 4.78 is 26.5. The first-order chi connectivity index (χ1) is 24.9. The van der Waals surface area contributed by atoms with Crippen molar-refractivity contribution < 1.29 is 23.5 Å². The minimum absolute atomic E-state index is 0.0228. The van der Waals surface area contributed by atoms with Crippen LogP contribution in [0.2, 0.25) is 0 Å². The van der Waals surface area contributed by atoms with Crippen LogP contribution in [0, 0.1) is 11.7 Å². The number of carbonyl (C=O) groups excluding carboxylic acids is 2. The highest BCUT2D eigenvalue weighted by Crippen LogP contribution is 2.27. The summed E-state index contributed by atoms with van der Waals surface area (Å²) in [5, 5.41) is 6.16. The Balaban J connectivity index is 0.823. The number of halogens is 1. The summed E-state index contributed by atoms with van der Waals surface area (Å²) >= 11 is 1.76. The Kier molecular flexibility index (Phi) is 11.7. The number of carbonyl (C=O) groups is 2. The van der Waals surface area contributed by atoms with E-state index < -0.39 is 17.4 Å². The van der Waals surface area contributed by atoms with Gasteiger partial charge in [0.25, 0.3) is 5.56 Å². The lowest BCUT2D eigenvalue weighted by Crippen LogP contribution is -2.49. The molecule has 0 saturated carbocycles. The summed E-state index contributed by atoms with van der Waals surface area (Å²) in [6.07, 6.45) is 4.88. The smallest absolute Gasteiger partial charge is 0.261 e. The third-order valence-corrected chi connectivity index (χ3v) is 11.9. The van der Waals surface area contributed by atoms with E-state index in [2.05, 4.69) is 47.4 Å². The number of hydrogen-bond acceptors (Lipinski definition) is 11. The van der Waals surface area contributed by atoms with Gasteiger partial charge < -0.3 is 29.6 Å². The molecule has 4 aliphatic rings. The van der Waals surface area contributed by atoms with Crippen molar-refractivity contribution in [3.8, 4) is 5.75 Å². The molecule has 1 unspecified atom stereocenters. The van der Waals surface area contributed by atoms with Crippen LogP contribution in [0.3, 0.4) is 0 Å². The molecule has 2 amide bonds. The summed E-state index contributed by atoms with van der Waals surface area (Å²) in [5.74, 6) is 0.858. The molecule has 4 saturated heterocycles. The zero-order chi connectivity index (χ0) is 35.2. The molecule has 5 heterocycles. The summed E-state index contributed by atoms with van der Waals surface area (Å²) in [6.45, 7) is 10.00. The Hall–Kier alpha value is -3.72. The molecule has 7 rings (SSSR count). The van der Waals surface area contributed by atoms with E-state index in [4.69, 9.17) is 9.47 Å². The molecule has 3 aromatic rings. The van der Waals surface area contributed by atoms with Crippen molar-refractivity contribution in [2.24, 2.45) is 5.92 Å². The zero-order valence-corrected chi connectivity index (χ0v) is 29.9. The number of imide groups is 1. The van der Waals surface area contributed by atoms with Crippen LogP contribution in [0.4, 0.5) is 15.8 Å². The van der Waals surface area contributed by atoms with Crippen molar-refractivity contribution in [1.29, 1.82) is 0 Å². The minimum Gasteiger partial charge on any atom is -0.493 e. The molecule has 3 N–H and O–H groups in total. The fraction of sp³-hybridized carbons (Fsp3) is 0.568. The molecule has 0 radical (unpaired) electrons. The first-order valence-corrected chi connectivity index (χ1v) is 19.4. The second kappa shape index (κ2) is 16.7. The Morgan fingerprint density at radius 1 is 0.941 bits per heavy atom. The Morgan fingerprint density at radius 2 is 1.71 bits per heavy atom. The number of nitrogens with zero attached hydrogens (tertiary/aromatic N) is 4. The van der Waals surface area contributed by atoms with Crippen molar-refractivity contribution in [2.45, 2.75) is 55.6 Å². The maximum absolute atomic E-state index is 15.0. The number of fused-ring (bicyclic) bond motifs is 1. The number of nitrogens with one attached hydrogen (secondary N) is 3. The molecule has 0 spiro atoms. The topological polar surface area (TPSA) is 132 Å². The number of amides is 2. The molecule has 0 aliphatic carbocycles. The largest absolute Gasteiger partial charge is 0.493 e. The highest BCUT2D eigenvalue weighted by molar-refractivity contribution is 7.99. The van der Waals surface area contributed by atoms with Gasteiger partial charge in [-0.3, -0.25) is 24.6 Å². The van der Waals surface area contributed by atoms with Crippen LogP contribution in [-0.2, 0) is 20.1 Å². The third-order valence-electron chi connectivity index (χ3n) is 10.5. The van der Waals surface area contributed by atoms with Crippen LogP contribution in [0.25, 0.3) is 10.9 Å². The number of rotatable bonds is 12. The van der Waals surface area contributed by atoms with Gasteiger partial charge in [0, 0.05) is 87.7 Å². The molecule has 4 aliphatic heterocycles. The fourth-order valence-corrected chi connectivity index (χ4v) is 8.42. The molecular weight excluding hydrogens is 674 g/mol. The van der Waals surface area contributed by atoms with E-state index in [1.807, 2.05) is 12.1 Å². The number of benzene rings is 2. The van der Waals surface area contributed by atoms with Gasteiger partial charge in [0.2, 0.25) is 11.8 Å². The number of aromatic amines is 1. The highest BCUT2D eigenvalue weighted by atomic mass is 32.2. The molecule has 51 heavy (non-hydrogen) atoms. The number of likely N-dealkylation sites (tertiary alicyclic amines) is 1. The van der Waals surface area contributed by atoms with Gasteiger partial charge >= 0.3 is 0 Å². The Morgan fingerprint density at radius 3 is 2.47 bits per heavy atom. The SMILES string of the molecule is O=C1CCC(Nc2cccc(N3CCN(CCN4CCC(COc5cc(F)c6c(=O)[nH]c(CSC7CCOCC7)nc6c5)CC4)CC3)c2)C(=O)N1. The van der Waals surface area contributed by atoms with E-state index in [0.29, 0.717) is 53.5 Å². The molecule has 1 aromatic heterocycles. The lowest BCUT2D eigenvalue weighted by atomic mass is 9.98. The predicted octanol–water partition coefficient (Wildman–Crippen LogP) is 3.60. The molecule has 0 bridgehead atoms. The predicted molar refractivity (Wildman–Crippen MR) is 197 cm³/mol. The average Bonchev–Trinajstić information content (AvgIpc) is 3.14. The monoisotopic (exact) mass is 721 g/mol. The molecule has 274 valence electrons. The first kappa shape index (κ1) is 35.7. The van der Waals surface area contributed by atoms with Crippen molar-refractivity contribution in [1.82, 2.24) is 25.1 Å². The fourth-order valence-electron chi connectivity index (χ4n) is 7.37. The van der Waals surface area contributed by atoms with Gasteiger partial charge in [-0.1, -0.05) is 6.07 Å². The van der Waals surface area contributed by atoms with E-state index in [1.165, 1.54) is 6.07 Å². The average molecular weight is 722 g/mol. The second-order valence-corrected chi connectivity index (χ2v) is 15.3. The van der Waals surface area contributed by atoms with Crippen molar-refractivity contribution in [2.75, 3.05) is 82.4 Å². The minimum atomic E-state index is -0.606. The van der Waals surface area contributed by atoms with Crippen molar-refractivity contribution >= 4 is 45.9 Å². The van der Waals surface area contributed by atoms with Gasteiger partial charge in [-0.25, -0.2) is 9.37 Å². The number of piperazine rings is 1. The molecule has 12 nitrogen and oxygen atoms in total. The van der Waals surface area contributed by atoms with Crippen LogP contribution in [0.5, 0.6) is 5.75 Å². The summed E-state index contributed by atoms with van der Waals surface area (Å²) in [4.78, 5) is 51.1. The van der Waals surface area contributed by atoms with Crippen LogP contribution >= 0.6 is 11.8 Å².